The number of nitrogens with one attached hydrogen (secondary N) is 2. The summed E-state index contributed by atoms with van der Waals surface area (Å²) in [6, 6.07) is 12.2. The number of aryl methyl sites for hydroxylation is 1. The molecular formula is C24H32N2O2. The van der Waals surface area contributed by atoms with Gasteiger partial charge in [0, 0.05) is 5.92 Å². The van der Waals surface area contributed by atoms with Crippen molar-refractivity contribution >= 4 is 22.5 Å². The molecule has 1 unspecified atom stereocenters. The van der Waals surface area contributed by atoms with E-state index in [-0.39, 0.29) is 17.6 Å². The Labute approximate surface area is 168 Å². The van der Waals surface area contributed by atoms with Gasteiger partial charge in [-0.2, -0.15) is 0 Å². The first-order chi connectivity index (χ1) is 13.5. The Bertz CT molecular complexity index is 838. The van der Waals surface area contributed by atoms with Crippen LogP contribution in [0.4, 0.5) is 0 Å². The summed E-state index contributed by atoms with van der Waals surface area (Å²) in [7, 11) is 1.98. The van der Waals surface area contributed by atoms with Gasteiger partial charge >= 0.3 is 0 Å². The van der Waals surface area contributed by atoms with Crippen LogP contribution in [-0.4, -0.2) is 31.3 Å². The van der Waals surface area contributed by atoms with Crippen molar-refractivity contribution in [2.24, 2.45) is 11.8 Å². The van der Waals surface area contributed by atoms with Crippen LogP contribution in [0, 0.1) is 18.8 Å². The lowest BCUT2D eigenvalue weighted by Gasteiger charge is -2.28. The Morgan fingerprint density at radius 3 is 2.43 bits per heavy atom. The molecule has 2 aromatic carbocycles. The molecule has 0 heterocycles. The highest BCUT2D eigenvalue weighted by Gasteiger charge is 2.28. The third-order valence-electron chi connectivity index (χ3n) is 6.02. The average molecular weight is 381 g/mol. The summed E-state index contributed by atoms with van der Waals surface area (Å²) in [5.74, 6) is 0.759. The molecule has 2 N–H and O–H groups in total. The minimum atomic E-state index is -0.454. The highest BCUT2D eigenvalue weighted by molar-refractivity contribution is 5.89. The van der Waals surface area contributed by atoms with Crippen molar-refractivity contribution < 1.29 is 9.59 Å². The lowest BCUT2D eigenvalue weighted by Crippen LogP contribution is -2.45. The van der Waals surface area contributed by atoms with Gasteiger partial charge in [0.2, 0.25) is 5.91 Å². The standard InChI is InChI=1S/C24H32N2O2/c1-16-4-8-20-9-7-19(13-22(20)12-16)14-23(17(2)27)26-24(28)21-10-5-18(6-11-21)15-25-3/h4,7-9,12-13,18,21,23,25H,5-6,10-11,14-15H2,1-3H3,(H,26,28). The Balaban J connectivity index is 1.64. The van der Waals surface area contributed by atoms with Gasteiger partial charge in [0.15, 0.2) is 5.78 Å². The topological polar surface area (TPSA) is 58.2 Å². The fourth-order valence-corrected chi connectivity index (χ4v) is 4.28. The lowest BCUT2D eigenvalue weighted by atomic mass is 9.81. The number of carbonyl (C=O) groups excluding carboxylic acids is 2. The molecule has 4 heteroatoms. The zero-order valence-electron chi connectivity index (χ0n) is 17.3. The summed E-state index contributed by atoms with van der Waals surface area (Å²) in [6.07, 6.45) is 4.53. The summed E-state index contributed by atoms with van der Waals surface area (Å²) in [5, 5.41) is 8.63. The van der Waals surface area contributed by atoms with Crippen LogP contribution in [0.1, 0.15) is 43.7 Å². The molecule has 150 valence electrons. The Kier molecular flexibility index (Phi) is 6.84. The zero-order chi connectivity index (χ0) is 20.1. The van der Waals surface area contributed by atoms with Crippen LogP contribution in [0.15, 0.2) is 36.4 Å². The molecule has 0 bridgehead atoms. The van der Waals surface area contributed by atoms with Crippen molar-refractivity contribution in [3.05, 3.63) is 47.5 Å². The molecule has 1 amide bonds. The van der Waals surface area contributed by atoms with E-state index in [9.17, 15) is 9.59 Å². The quantitative estimate of drug-likeness (QED) is 0.768. The van der Waals surface area contributed by atoms with Gasteiger partial charge in [-0.1, -0.05) is 42.0 Å². The molecular weight excluding hydrogens is 348 g/mol. The Morgan fingerprint density at radius 1 is 1.04 bits per heavy atom. The second-order valence-electron chi connectivity index (χ2n) is 8.34. The number of hydrogen-bond acceptors (Lipinski definition) is 3. The molecule has 1 atom stereocenters. The van der Waals surface area contributed by atoms with E-state index >= 15 is 0 Å². The van der Waals surface area contributed by atoms with Gasteiger partial charge in [-0.05, 0) is 81.8 Å². The first-order valence-electron chi connectivity index (χ1n) is 10.4. The zero-order valence-corrected chi connectivity index (χ0v) is 17.3. The summed E-state index contributed by atoms with van der Waals surface area (Å²) < 4.78 is 0. The molecule has 0 radical (unpaired) electrons. The summed E-state index contributed by atoms with van der Waals surface area (Å²) in [4.78, 5) is 24.9. The second-order valence-corrected chi connectivity index (χ2v) is 8.34. The van der Waals surface area contributed by atoms with E-state index in [0.29, 0.717) is 12.3 Å². The van der Waals surface area contributed by atoms with Crippen LogP contribution in [0.25, 0.3) is 10.8 Å². The van der Waals surface area contributed by atoms with Gasteiger partial charge in [-0.3, -0.25) is 9.59 Å². The van der Waals surface area contributed by atoms with Crippen LogP contribution < -0.4 is 10.6 Å². The molecule has 1 aliphatic rings. The molecule has 0 saturated heterocycles. The van der Waals surface area contributed by atoms with Gasteiger partial charge < -0.3 is 10.6 Å². The SMILES string of the molecule is CNCC1CCC(C(=O)NC(Cc2ccc3ccc(C)cc3c2)C(C)=O)CC1. The van der Waals surface area contributed by atoms with E-state index in [4.69, 9.17) is 0 Å². The number of carbonyl (C=O) groups is 2. The lowest BCUT2D eigenvalue weighted by molar-refractivity contribution is -0.130. The largest absolute Gasteiger partial charge is 0.346 e. The van der Waals surface area contributed by atoms with Gasteiger partial charge in [0.25, 0.3) is 0 Å². The van der Waals surface area contributed by atoms with E-state index in [1.807, 2.05) is 7.05 Å². The number of rotatable bonds is 7. The van der Waals surface area contributed by atoms with Crippen molar-refractivity contribution in [2.45, 2.75) is 52.0 Å². The minimum Gasteiger partial charge on any atom is -0.346 e. The van der Waals surface area contributed by atoms with Crippen LogP contribution in [0.3, 0.4) is 0 Å². The first-order valence-corrected chi connectivity index (χ1v) is 10.4. The smallest absolute Gasteiger partial charge is 0.223 e. The fourth-order valence-electron chi connectivity index (χ4n) is 4.28. The van der Waals surface area contributed by atoms with Crippen LogP contribution in [0.2, 0.25) is 0 Å². The highest BCUT2D eigenvalue weighted by atomic mass is 16.2. The number of amides is 1. The molecule has 2 aromatic rings. The van der Waals surface area contributed by atoms with Crippen molar-refractivity contribution in [1.29, 1.82) is 0 Å². The molecule has 4 nitrogen and oxygen atoms in total. The van der Waals surface area contributed by atoms with Crippen molar-refractivity contribution in [1.82, 2.24) is 10.6 Å². The van der Waals surface area contributed by atoms with Gasteiger partial charge in [0.1, 0.15) is 0 Å². The normalized spacial score (nSPS) is 20.7. The summed E-state index contributed by atoms with van der Waals surface area (Å²) >= 11 is 0. The highest BCUT2D eigenvalue weighted by Crippen LogP contribution is 2.28. The number of ketones is 1. The Morgan fingerprint density at radius 2 is 1.75 bits per heavy atom. The monoisotopic (exact) mass is 380 g/mol. The molecule has 28 heavy (non-hydrogen) atoms. The number of fused-ring (bicyclic) bond motifs is 1. The van der Waals surface area contributed by atoms with E-state index in [1.54, 1.807) is 6.92 Å². The maximum absolute atomic E-state index is 12.7. The maximum atomic E-state index is 12.7. The number of Topliss-reactive ketones (excluding diaryl/α,β-unsaturated/α-hetero) is 1. The molecule has 0 aliphatic heterocycles. The molecule has 1 fully saturated rings. The van der Waals surface area contributed by atoms with Crippen molar-refractivity contribution in [2.75, 3.05) is 13.6 Å². The molecule has 0 spiro atoms. The number of hydrogen-bond donors (Lipinski definition) is 2. The molecule has 0 aromatic heterocycles. The predicted octanol–water partition coefficient (Wildman–Crippen LogP) is 3.79. The van der Waals surface area contributed by atoms with Crippen LogP contribution in [-0.2, 0) is 16.0 Å². The molecule has 3 rings (SSSR count). The second kappa shape index (κ2) is 9.33. The van der Waals surface area contributed by atoms with E-state index in [2.05, 4.69) is 54.0 Å². The minimum absolute atomic E-state index is 0.0153. The van der Waals surface area contributed by atoms with Gasteiger partial charge in [-0.25, -0.2) is 0 Å². The van der Waals surface area contributed by atoms with Crippen LogP contribution in [0.5, 0.6) is 0 Å². The van der Waals surface area contributed by atoms with Gasteiger partial charge in [0.05, 0.1) is 6.04 Å². The molecule has 1 saturated carbocycles. The maximum Gasteiger partial charge on any atom is 0.223 e. The van der Waals surface area contributed by atoms with E-state index in [0.717, 1.165) is 37.8 Å². The first kappa shape index (κ1) is 20.5. The van der Waals surface area contributed by atoms with Crippen molar-refractivity contribution in [3.8, 4) is 0 Å². The van der Waals surface area contributed by atoms with E-state index in [1.165, 1.54) is 16.3 Å². The van der Waals surface area contributed by atoms with Gasteiger partial charge in [-0.15, -0.1) is 0 Å². The average Bonchev–Trinajstić information content (AvgIpc) is 2.67. The third-order valence-corrected chi connectivity index (χ3v) is 6.02. The Hall–Kier alpha value is -2.20. The third kappa shape index (κ3) is 5.20. The summed E-state index contributed by atoms with van der Waals surface area (Å²) in [6.45, 7) is 4.67. The fraction of sp³-hybridized carbons (Fsp3) is 0.500. The summed E-state index contributed by atoms with van der Waals surface area (Å²) in [5.41, 5.74) is 2.30. The van der Waals surface area contributed by atoms with Crippen LogP contribution >= 0.6 is 0 Å². The van der Waals surface area contributed by atoms with Crippen molar-refractivity contribution in [3.63, 3.8) is 0 Å². The molecule has 1 aliphatic carbocycles. The predicted molar refractivity (Wildman–Crippen MR) is 114 cm³/mol. The number of benzene rings is 2. The van der Waals surface area contributed by atoms with E-state index < -0.39 is 6.04 Å².